The molecule has 0 spiro atoms. The van der Waals surface area contributed by atoms with E-state index in [2.05, 4.69) is 0 Å². The fourth-order valence-corrected chi connectivity index (χ4v) is 2.88. The number of hydrogen-bond acceptors (Lipinski definition) is 3. The lowest BCUT2D eigenvalue weighted by molar-refractivity contribution is -0.131. The molecule has 5 heteroatoms. The highest BCUT2D eigenvalue weighted by Gasteiger charge is 2.23. The molecule has 1 aromatic carbocycles. The topological polar surface area (TPSA) is 49.9 Å². The molecule has 1 saturated heterocycles. The monoisotopic (exact) mass is 318 g/mol. The van der Waals surface area contributed by atoms with Crippen LogP contribution in [0, 0.1) is 0 Å². The molecule has 0 aromatic heterocycles. The largest absolute Gasteiger partial charge is 0.492 e. The first kappa shape index (κ1) is 17.3. The molecule has 0 radical (unpaired) electrons. The van der Waals surface area contributed by atoms with Gasteiger partial charge in [0.1, 0.15) is 12.3 Å². The molecular weight excluding hydrogens is 292 g/mol. The number of para-hydroxylation sites is 2. The molecule has 0 bridgehead atoms. The van der Waals surface area contributed by atoms with Crippen LogP contribution in [0.25, 0.3) is 0 Å². The molecule has 1 aliphatic rings. The molecule has 1 heterocycles. The summed E-state index contributed by atoms with van der Waals surface area (Å²) in [4.78, 5) is 28.1. The summed E-state index contributed by atoms with van der Waals surface area (Å²) >= 11 is 0. The van der Waals surface area contributed by atoms with Crippen molar-refractivity contribution in [1.82, 2.24) is 4.90 Å². The van der Waals surface area contributed by atoms with Crippen LogP contribution in [0.1, 0.15) is 39.5 Å². The van der Waals surface area contributed by atoms with Crippen LogP contribution >= 0.6 is 0 Å². The van der Waals surface area contributed by atoms with E-state index in [0.29, 0.717) is 18.0 Å². The smallest absolute Gasteiger partial charge is 0.242 e. The van der Waals surface area contributed by atoms with E-state index in [1.807, 2.05) is 36.1 Å². The van der Waals surface area contributed by atoms with E-state index < -0.39 is 0 Å². The molecule has 1 fully saturated rings. The van der Waals surface area contributed by atoms with E-state index in [1.54, 1.807) is 0 Å². The number of hydrogen-bond donors (Lipinski definition) is 0. The number of nitrogens with zero attached hydrogens (tertiary/aromatic N) is 2. The van der Waals surface area contributed by atoms with Gasteiger partial charge in [0.15, 0.2) is 0 Å². The highest BCUT2D eigenvalue weighted by Crippen LogP contribution is 2.28. The van der Waals surface area contributed by atoms with Gasteiger partial charge in [-0.1, -0.05) is 25.0 Å². The van der Waals surface area contributed by atoms with Gasteiger partial charge in [-0.2, -0.15) is 0 Å². The molecule has 1 aliphatic heterocycles. The second-order valence-corrected chi connectivity index (χ2v) is 5.80. The SMILES string of the molecule is CCOc1ccccc1N(CC(=O)N1CCCCCC1)C(C)=O. The second kappa shape index (κ2) is 8.56. The third kappa shape index (κ3) is 4.71. The predicted octanol–water partition coefficient (Wildman–Crippen LogP) is 2.84. The third-order valence-corrected chi connectivity index (χ3v) is 4.09. The Morgan fingerprint density at radius 3 is 2.39 bits per heavy atom. The molecule has 2 rings (SSSR count). The van der Waals surface area contributed by atoms with Crippen molar-refractivity contribution in [3.63, 3.8) is 0 Å². The number of likely N-dealkylation sites (tertiary alicyclic amines) is 1. The Bertz CT molecular complexity index is 537. The van der Waals surface area contributed by atoms with Crippen molar-refractivity contribution in [2.24, 2.45) is 0 Å². The number of benzene rings is 1. The summed E-state index contributed by atoms with van der Waals surface area (Å²) in [5.74, 6) is 0.489. The number of ether oxygens (including phenoxy) is 1. The standard InChI is InChI=1S/C18H26N2O3/c1-3-23-17-11-7-6-10-16(17)20(15(2)21)14-18(22)19-12-8-4-5-9-13-19/h6-7,10-11H,3-5,8-9,12-14H2,1-2H3. The van der Waals surface area contributed by atoms with Gasteiger partial charge in [0.25, 0.3) is 0 Å². The zero-order chi connectivity index (χ0) is 16.7. The van der Waals surface area contributed by atoms with Gasteiger partial charge in [-0.25, -0.2) is 0 Å². The summed E-state index contributed by atoms with van der Waals surface area (Å²) in [6.45, 7) is 5.55. The summed E-state index contributed by atoms with van der Waals surface area (Å²) in [5, 5.41) is 0. The Morgan fingerprint density at radius 2 is 1.78 bits per heavy atom. The minimum Gasteiger partial charge on any atom is -0.492 e. The maximum atomic E-state index is 12.6. The van der Waals surface area contributed by atoms with Gasteiger partial charge in [0.05, 0.1) is 12.3 Å². The van der Waals surface area contributed by atoms with Crippen LogP contribution in [0.15, 0.2) is 24.3 Å². The van der Waals surface area contributed by atoms with Crippen molar-refractivity contribution in [1.29, 1.82) is 0 Å². The van der Waals surface area contributed by atoms with Crippen molar-refractivity contribution in [3.05, 3.63) is 24.3 Å². The molecule has 126 valence electrons. The normalized spacial score (nSPS) is 15.0. The molecule has 0 atom stereocenters. The number of carbonyl (C=O) groups excluding carboxylic acids is 2. The van der Waals surface area contributed by atoms with Crippen molar-refractivity contribution in [2.75, 3.05) is 31.1 Å². The average molecular weight is 318 g/mol. The Labute approximate surface area is 138 Å². The van der Waals surface area contributed by atoms with E-state index in [1.165, 1.54) is 24.7 Å². The lowest BCUT2D eigenvalue weighted by Crippen LogP contribution is -2.42. The lowest BCUT2D eigenvalue weighted by Gasteiger charge is -2.27. The van der Waals surface area contributed by atoms with Crippen LogP contribution in [0.3, 0.4) is 0 Å². The van der Waals surface area contributed by atoms with E-state index >= 15 is 0 Å². The molecule has 0 N–H and O–H groups in total. The van der Waals surface area contributed by atoms with Gasteiger partial charge >= 0.3 is 0 Å². The van der Waals surface area contributed by atoms with Crippen LogP contribution < -0.4 is 9.64 Å². The molecule has 0 aliphatic carbocycles. The molecule has 0 unspecified atom stereocenters. The Morgan fingerprint density at radius 1 is 1.13 bits per heavy atom. The number of rotatable bonds is 5. The fraction of sp³-hybridized carbons (Fsp3) is 0.556. The molecule has 0 saturated carbocycles. The van der Waals surface area contributed by atoms with Crippen LogP contribution in [-0.2, 0) is 9.59 Å². The highest BCUT2D eigenvalue weighted by molar-refractivity contribution is 5.98. The van der Waals surface area contributed by atoms with Crippen molar-refractivity contribution < 1.29 is 14.3 Å². The number of carbonyl (C=O) groups is 2. The van der Waals surface area contributed by atoms with Gasteiger partial charge in [0.2, 0.25) is 11.8 Å². The van der Waals surface area contributed by atoms with E-state index in [9.17, 15) is 9.59 Å². The van der Waals surface area contributed by atoms with Crippen LogP contribution in [0.4, 0.5) is 5.69 Å². The van der Waals surface area contributed by atoms with Crippen molar-refractivity contribution in [3.8, 4) is 5.75 Å². The Balaban J connectivity index is 2.15. The van der Waals surface area contributed by atoms with Gasteiger partial charge < -0.3 is 9.64 Å². The van der Waals surface area contributed by atoms with Gasteiger partial charge in [-0.3, -0.25) is 14.5 Å². The van der Waals surface area contributed by atoms with E-state index in [-0.39, 0.29) is 18.4 Å². The fourth-order valence-electron chi connectivity index (χ4n) is 2.88. The number of amides is 2. The zero-order valence-electron chi connectivity index (χ0n) is 14.1. The third-order valence-electron chi connectivity index (χ3n) is 4.09. The van der Waals surface area contributed by atoms with Gasteiger partial charge in [0, 0.05) is 20.0 Å². The summed E-state index contributed by atoms with van der Waals surface area (Å²) in [6.07, 6.45) is 4.43. The first-order chi connectivity index (χ1) is 11.1. The molecule has 2 amide bonds. The number of anilines is 1. The molecule has 5 nitrogen and oxygen atoms in total. The first-order valence-corrected chi connectivity index (χ1v) is 8.41. The maximum absolute atomic E-state index is 12.6. The van der Waals surface area contributed by atoms with E-state index in [0.717, 1.165) is 25.9 Å². The van der Waals surface area contributed by atoms with Crippen LogP contribution in [0.2, 0.25) is 0 Å². The maximum Gasteiger partial charge on any atom is 0.242 e. The Kier molecular flexibility index (Phi) is 6.44. The second-order valence-electron chi connectivity index (χ2n) is 5.80. The van der Waals surface area contributed by atoms with Gasteiger partial charge in [-0.15, -0.1) is 0 Å². The average Bonchev–Trinajstić information content (AvgIpc) is 2.82. The molecule has 23 heavy (non-hydrogen) atoms. The minimum atomic E-state index is -0.152. The summed E-state index contributed by atoms with van der Waals surface area (Å²) < 4.78 is 5.60. The summed E-state index contributed by atoms with van der Waals surface area (Å²) in [6, 6.07) is 7.36. The van der Waals surface area contributed by atoms with Crippen molar-refractivity contribution in [2.45, 2.75) is 39.5 Å². The van der Waals surface area contributed by atoms with Gasteiger partial charge in [-0.05, 0) is 31.9 Å². The van der Waals surface area contributed by atoms with Crippen LogP contribution in [0.5, 0.6) is 5.75 Å². The highest BCUT2D eigenvalue weighted by atomic mass is 16.5. The zero-order valence-corrected chi connectivity index (χ0v) is 14.1. The van der Waals surface area contributed by atoms with E-state index in [4.69, 9.17) is 4.74 Å². The van der Waals surface area contributed by atoms with Crippen LogP contribution in [-0.4, -0.2) is 43.0 Å². The first-order valence-electron chi connectivity index (χ1n) is 8.41. The Hall–Kier alpha value is -2.04. The summed E-state index contributed by atoms with van der Waals surface area (Å²) in [5.41, 5.74) is 0.657. The van der Waals surface area contributed by atoms with Crippen molar-refractivity contribution >= 4 is 17.5 Å². The molecule has 1 aromatic rings. The minimum absolute atomic E-state index is 0.00778. The lowest BCUT2D eigenvalue weighted by atomic mass is 10.2. The predicted molar refractivity (Wildman–Crippen MR) is 90.7 cm³/mol. The summed E-state index contributed by atoms with van der Waals surface area (Å²) in [7, 11) is 0. The quantitative estimate of drug-likeness (QED) is 0.839. The molecular formula is C18H26N2O3.